The van der Waals surface area contributed by atoms with Gasteiger partial charge in [0.25, 0.3) is 0 Å². The molecule has 0 saturated heterocycles. The number of amides is 1. The average molecular weight is 436 g/mol. The molecule has 3 rings (SSSR count). The number of carbonyl (C=O) groups excluding carboxylic acids is 1. The van der Waals surface area contributed by atoms with Gasteiger partial charge in [0.2, 0.25) is 5.91 Å². The van der Waals surface area contributed by atoms with Crippen LogP contribution in [-0.4, -0.2) is 60.9 Å². The number of ether oxygens (including phenoxy) is 1. The van der Waals surface area contributed by atoms with Crippen molar-refractivity contribution < 1.29 is 9.53 Å². The van der Waals surface area contributed by atoms with E-state index in [0.717, 1.165) is 36.2 Å². The number of thiophene rings is 1. The minimum absolute atomic E-state index is 0.00227. The fourth-order valence-electron chi connectivity index (χ4n) is 3.29. The molecule has 1 N–H and O–H groups in total. The molecule has 9 heteroatoms. The van der Waals surface area contributed by atoms with Crippen LogP contribution in [-0.2, 0) is 29.0 Å². The van der Waals surface area contributed by atoms with Crippen LogP contribution in [0.5, 0.6) is 0 Å². The second-order valence-corrected chi connectivity index (χ2v) is 8.96. The van der Waals surface area contributed by atoms with Crippen molar-refractivity contribution >= 4 is 34.5 Å². The summed E-state index contributed by atoms with van der Waals surface area (Å²) in [6.07, 6.45) is 1.43. The third-order valence-electron chi connectivity index (χ3n) is 5.03. The molecular weight excluding hydrogens is 406 g/mol. The number of thiazole rings is 1. The molecule has 1 unspecified atom stereocenters. The Morgan fingerprint density at radius 1 is 1.48 bits per heavy atom. The fraction of sp³-hybridized carbons (Fsp3) is 0.550. The molecule has 0 radical (unpaired) electrons. The summed E-state index contributed by atoms with van der Waals surface area (Å²) >= 11 is 3.39. The molecule has 0 aliphatic carbocycles. The van der Waals surface area contributed by atoms with E-state index in [0.29, 0.717) is 19.5 Å². The van der Waals surface area contributed by atoms with E-state index in [9.17, 15) is 4.79 Å². The third-order valence-corrected chi connectivity index (χ3v) is 7.10. The van der Waals surface area contributed by atoms with Gasteiger partial charge in [0.1, 0.15) is 11.1 Å². The summed E-state index contributed by atoms with van der Waals surface area (Å²) in [5.41, 5.74) is 2.28. The Hall–Kier alpha value is -1.97. The zero-order valence-electron chi connectivity index (χ0n) is 17.5. The molecule has 0 aromatic carbocycles. The summed E-state index contributed by atoms with van der Waals surface area (Å²) in [4.78, 5) is 26.9. The molecule has 0 spiro atoms. The van der Waals surface area contributed by atoms with Crippen molar-refractivity contribution in [3.63, 3.8) is 0 Å². The van der Waals surface area contributed by atoms with Gasteiger partial charge in [-0.3, -0.25) is 9.79 Å². The van der Waals surface area contributed by atoms with Crippen molar-refractivity contribution in [2.75, 3.05) is 34.3 Å². The summed E-state index contributed by atoms with van der Waals surface area (Å²) in [5, 5.41) is 8.43. The SMILES string of the molecule is CN=C(NCCC(=O)N1CCc2sccc2C1)N(C)Cc1csc(C(C)OC)n1. The van der Waals surface area contributed by atoms with Crippen LogP contribution in [0.3, 0.4) is 0 Å². The second-order valence-electron chi connectivity index (χ2n) is 7.07. The van der Waals surface area contributed by atoms with Crippen molar-refractivity contribution in [3.05, 3.63) is 38.0 Å². The first-order valence-electron chi connectivity index (χ1n) is 9.73. The van der Waals surface area contributed by atoms with E-state index in [1.165, 1.54) is 10.4 Å². The van der Waals surface area contributed by atoms with E-state index in [2.05, 4.69) is 26.7 Å². The van der Waals surface area contributed by atoms with E-state index in [4.69, 9.17) is 4.74 Å². The fourth-order valence-corrected chi connectivity index (χ4v) is 5.02. The molecule has 158 valence electrons. The van der Waals surface area contributed by atoms with Crippen LogP contribution in [0.1, 0.15) is 40.6 Å². The summed E-state index contributed by atoms with van der Waals surface area (Å²) in [7, 11) is 5.41. The van der Waals surface area contributed by atoms with Crippen LogP contribution in [0, 0.1) is 0 Å². The monoisotopic (exact) mass is 435 g/mol. The summed E-state index contributed by atoms with van der Waals surface area (Å²) in [5.74, 6) is 0.941. The number of aromatic nitrogens is 1. The smallest absolute Gasteiger partial charge is 0.224 e. The molecule has 3 heterocycles. The lowest BCUT2D eigenvalue weighted by molar-refractivity contribution is -0.131. The number of hydrogen-bond donors (Lipinski definition) is 1. The molecule has 0 fully saturated rings. The average Bonchev–Trinajstić information content (AvgIpc) is 3.39. The zero-order chi connectivity index (χ0) is 20.8. The Kier molecular flexibility index (Phi) is 7.63. The molecule has 0 saturated carbocycles. The standard InChI is InChI=1S/C20H29N5O2S2/c1-14(27-4)19-23-16(13-29-19)12-24(3)20(21-2)22-8-5-18(26)25-9-6-17-15(11-25)7-10-28-17/h7,10,13-14H,5-6,8-9,11-12H2,1-4H3,(H,21,22). The van der Waals surface area contributed by atoms with Crippen molar-refractivity contribution in [1.29, 1.82) is 0 Å². The normalized spacial score (nSPS) is 15.2. The first-order valence-corrected chi connectivity index (χ1v) is 11.5. The predicted molar refractivity (Wildman–Crippen MR) is 118 cm³/mol. The van der Waals surface area contributed by atoms with Crippen LogP contribution in [0.25, 0.3) is 0 Å². The van der Waals surface area contributed by atoms with Gasteiger partial charge in [-0.1, -0.05) is 0 Å². The lowest BCUT2D eigenvalue weighted by Gasteiger charge is -2.27. The Balaban J connectivity index is 1.45. The van der Waals surface area contributed by atoms with Gasteiger partial charge in [0, 0.05) is 57.5 Å². The molecule has 1 atom stereocenters. The van der Waals surface area contributed by atoms with Gasteiger partial charge >= 0.3 is 0 Å². The molecule has 1 aliphatic heterocycles. The van der Waals surface area contributed by atoms with E-state index in [-0.39, 0.29) is 12.0 Å². The molecule has 1 aliphatic rings. The number of carbonyl (C=O) groups is 1. The van der Waals surface area contributed by atoms with Crippen molar-refractivity contribution in [1.82, 2.24) is 20.1 Å². The number of rotatable bonds is 7. The Bertz CT molecular complexity index is 848. The molecule has 7 nitrogen and oxygen atoms in total. The number of methoxy groups -OCH3 is 1. The Labute approximate surface area is 180 Å². The highest BCUT2D eigenvalue weighted by atomic mass is 32.1. The number of aliphatic imine (C=N–C) groups is 1. The van der Waals surface area contributed by atoms with Gasteiger partial charge in [0.05, 0.1) is 12.2 Å². The lowest BCUT2D eigenvalue weighted by atomic mass is 10.1. The molecular formula is C20H29N5O2S2. The highest BCUT2D eigenvalue weighted by molar-refractivity contribution is 7.10. The van der Waals surface area contributed by atoms with Gasteiger partial charge in [-0.25, -0.2) is 4.98 Å². The first kappa shape index (κ1) is 21.7. The predicted octanol–water partition coefficient (Wildman–Crippen LogP) is 2.89. The largest absolute Gasteiger partial charge is 0.375 e. The van der Waals surface area contributed by atoms with Crippen LogP contribution in [0.2, 0.25) is 0 Å². The number of hydrogen-bond acceptors (Lipinski definition) is 6. The van der Waals surface area contributed by atoms with Gasteiger partial charge in [-0.2, -0.15) is 0 Å². The van der Waals surface area contributed by atoms with Crippen molar-refractivity contribution in [3.8, 4) is 0 Å². The second kappa shape index (κ2) is 10.2. The molecule has 1 amide bonds. The molecule has 2 aromatic rings. The highest BCUT2D eigenvalue weighted by Gasteiger charge is 2.21. The number of nitrogens with zero attached hydrogens (tertiary/aromatic N) is 4. The number of fused-ring (bicyclic) bond motifs is 1. The molecule has 2 aromatic heterocycles. The van der Waals surface area contributed by atoms with Gasteiger partial charge in [-0.05, 0) is 30.4 Å². The maximum Gasteiger partial charge on any atom is 0.224 e. The Morgan fingerprint density at radius 3 is 3.07 bits per heavy atom. The van der Waals surface area contributed by atoms with E-state index >= 15 is 0 Å². The molecule has 29 heavy (non-hydrogen) atoms. The van der Waals surface area contributed by atoms with Gasteiger partial charge < -0.3 is 19.9 Å². The quantitative estimate of drug-likeness (QED) is 0.535. The summed E-state index contributed by atoms with van der Waals surface area (Å²) in [6.45, 7) is 4.75. The lowest BCUT2D eigenvalue weighted by Crippen LogP contribution is -2.41. The maximum absolute atomic E-state index is 12.6. The summed E-state index contributed by atoms with van der Waals surface area (Å²) in [6, 6.07) is 2.13. The minimum atomic E-state index is 0.00227. The maximum atomic E-state index is 12.6. The van der Waals surface area contributed by atoms with Gasteiger partial charge in [0.15, 0.2) is 5.96 Å². The van der Waals surface area contributed by atoms with Crippen LogP contribution >= 0.6 is 22.7 Å². The minimum Gasteiger partial charge on any atom is -0.375 e. The highest BCUT2D eigenvalue weighted by Crippen LogP contribution is 2.24. The van der Waals surface area contributed by atoms with E-state index < -0.39 is 0 Å². The molecule has 0 bridgehead atoms. The zero-order valence-corrected chi connectivity index (χ0v) is 19.1. The first-order chi connectivity index (χ1) is 14.0. The number of nitrogens with one attached hydrogen (secondary N) is 1. The topological polar surface area (TPSA) is 70.1 Å². The van der Waals surface area contributed by atoms with Crippen molar-refractivity contribution in [2.45, 2.75) is 39.0 Å². The van der Waals surface area contributed by atoms with E-state index in [1.54, 1.807) is 36.8 Å². The Morgan fingerprint density at radius 2 is 2.31 bits per heavy atom. The van der Waals surface area contributed by atoms with Gasteiger partial charge in [-0.15, -0.1) is 22.7 Å². The number of guanidine groups is 1. The third kappa shape index (κ3) is 5.55. The van der Waals surface area contributed by atoms with E-state index in [1.807, 2.05) is 29.2 Å². The summed E-state index contributed by atoms with van der Waals surface area (Å²) < 4.78 is 5.33. The van der Waals surface area contributed by atoms with Crippen LogP contribution in [0.15, 0.2) is 21.8 Å². The van der Waals surface area contributed by atoms with Crippen LogP contribution in [0.4, 0.5) is 0 Å². The van der Waals surface area contributed by atoms with Crippen molar-refractivity contribution in [2.24, 2.45) is 4.99 Å². The van der Waals surface area contributed by atoms with Crippen LogP contribution < -0.4 is 5.32 Å².